The second-order valence-electron chi connectivity index (χ2n) is 6.60. The van der Waals surface area contributed by atoms with Crippen molar-refractivity contribution in [3.63, 3.8) is 0 Å². The third kappa shape index (κ3) is 4.39. The zero-order valence-electron chi connectivity index (χ0n) is 15.9. The molecule has 0 saturated carbocycles. The summed E-state index contributed by atoms with van der Waals surface area (Å²) in [5.74, 6) is 2.23. The number of ether oxygens (including phenoxy) is 2. The molecule has 0 bridgehead atoms. The maximum atomic E-state index is 12.5. The average molecular weight is 400 g/mol. The molecule has 148 valence electrons. The second-order valence-corrected chi connectivity index (χ2v) is 7.51. The Balaban J connectivity index is 2.03. The van der Waals surface area contributed by atoms with Crippen molar-refractivity contribution in [3.05, 3.63) is 47.0 Å². The topological polar surface area (TPSA) is 67.8 Å². The summed E-state index contributed by atoms with van der Waals surface area (Å²) in [5, 5.41) is 15.3. The zero-order chi connectivity index (χ0) is 19.9. The highest BCUT2D eigenvalue weighted by molar-refractivity contribution is 7.17. The normalized spacial score (nSPS) is 21.6. The molecule has 0 radical (unpaired) electrons. The zero-order valence-corrected chi connectivity index (χ0v) is 16.7. The summed E-state index contributed by atoms with van der Waals surface area (Å²) in [5.41, 5.74) is 1.15. The molecular formula is C22H25NO4S. The molecule has 1 aliphatic rings. The number of amides is 1. The number of fused-ring (bicyclic) bond motifs is 1. The van der Waals surface area contributed by atoms with Crippen molar-refractivity contribution in [2.75, 3.05) is 19.8 Å². The summed E-state index contributed by atoms with van der Waals surface area (Å²) < 4.78 is 13.0. The standard InChI is InChI=1S/C22H25NO4S/c1-3-11-23-21(25)19-13-17(16(9-7-12-24)22(27-19)26-4-2)18-14-28-20-10-6-5-8-15(18)20/h1,5-6,8,10,13-14,16-17,22,24H,4,7,9,11-12H2,2H3,(H,23,25)/t16-,17+,22-/m0/s1. The van der Waals surface area contributed by atoms with E-state index < -0.39 is 6.29 Å². The van der Waals surface area contributed by atoms with Crippen LogP contribution in [0.3, 0.4) is 0 Å². The van der Waals surface area contributed by atoms with E-state index in [1.807, 2.05) is 25.1 Å². The number of benzene rings is 1. The first-order chi connectivity index (χ1) is 13.7. The number of nitrogens with one attached hydrogen (secondary N) is 1. The van der Waals surface area contributed by atoms with Crippen LogP contribution in [-0.4, -0.2) is 37.1 Å². The van der Waals surface area contributed by atoms with Crippen LogP contribution < -0.4 is 5.32 Å². The van der Waals surface area contributed by atoms with Crippen molar-refractivity contribution >= 4 is 27.3 Å². The van der Waals surface area contributed by atoms with E-state index in [1.165, 1.54) is 10.1 Å². The lowest BCUT2D eigenvalue weighted by molar-refractivity contribution is -0.166. The van der Waals surface area contributed by atoms with Crippen LogP contribution in [0.5, 0.6) is 0 Å². The number of allylic oxidation sites excluding steroid dienone is 1. The Labute approximate surface area is 169 Å². The maximum absolute atomic E-state index is 12.5. The lowest BCUT2D eigenvalue weighted by atomic mass is 9.80. The van der Waals surface area contributed by atoms with E-state index in [0.717, 1.165) is 12.0 Å². The fourth-order valence-electron chi connectivity index (χ4n) is 3.60. The first kappa shape index (κ1) is 20.4. The minimum Gasteiger partial charge on any atom is -0.459 e. The van der Waals surface area contributed by atoms with Crippen molar-refractivity contribution in [2.45, 2.75) is 32.0 Å². The van der Waals surface area contributed by atoms with Gasteiger partial charge in [0.05, 0.1) is 6.54 Å². The Kier molecular flexibility index (Phi) is 7.10. The van der Waals surface area contributed by atoms with Crippen LogP contribution >= 0.6 is 11.3 Å². The van der Waals surface area contributed by atoms with Gasteiger partial charge in [-0.3, -0.25) is 4.79 Å². The molecule has 3 atom stereocenters. The van der Waals surface area contributed by atoms with Crippen molar-refractivity contribution in [1.82, 2.24) is 5.32 Å². The van der Waals surface area contributed by atoms with Crippen LogP contribution in [0.2, 0.25) is 0 Å². The highest BCUT2D eigenvalue weighted by atomic mass is 32.1. The molecule has 0 saturated heterocycles. The number of hydrogen-bond acceptors (Lipinski definition) is 5. The first-order valence-electron chi connectivity index (χ1n) is 9.48. The maximum Gasteiger partial charge on any atom is 0.286 e. The Morgan fingerprint density at radius 2 is 2.25 bits per heavy atom. The Hall–Kier alpha value is -2.33. The van der Waals surface area contributed by atoms with Crippen LogP contribution in [-0.2, 0) is 14.3 Å². The minimum atomic E-state index is -0.559. The van der Waals surface area contributed by atoms with Gasteiger partial charge in [-0.1, -0.05) is 24.1 Å². The molecule has 5 nitrogen and oxygen atoms in total. The minimum absolute atomic E-state index is 0.00529. The summed E-state index contributed by atoms with van der Waals surface area (Å²) >= 11 is 1.68. The van der Waals surface area contributed by atoms with Gasteiger partial charge in [-0.15, -0.1) is 17.8 Å². The van der Waals surface area contributed by atoms with Gasteiger partial charge in [-0.25, -0.2) is 0 Å². The van der Waals surface area contributed by atoms with Gasteiger partial charge in [0.1, 0.15) is 0 Å². The second kappa shape index (κ2) is 9.74. The first-order valence-corrected chi connectivity index (χ1v) is 10.4. The van der Waals surface area contributed by atoms with Crippen LogP contribution in [0.1, 0.15) is 31.2 Å². The summed E-state index contributed by atoms with van der Waals surface area (Å²) in [7, 11) is 0. The molecule has 6 heteroatoms. The molecule has 1 aromatic carbocycles. The van der Waals surface area contributed by atoms with E-state index in [2.05, 4.69) is 28.8 Å². The molecule has 3 rings (SSSR count). The molecule has 0 fully saturated rings. The SMILES string of the molecule is C#CCNC(=O)C1=C[C@@H](c2csc3ccccc23)[C@H](CCCO)[C@@H](OCC)O1. The molecule has 1 aliphatic heterocycles. The van der Waals surface area contributed by atoms with Crippen molar-refractivity contribution in [1.29, 1.82) is 0 Å². The van der Waals surface area contributed by atoms with E-state index in [0.29, 0.717) is 13.0 Å². The molecule has 0 spiro atoms. The predicted octanol–water partition coefficient (Wildman–Crippen LogP) is 3.40. The van der Waals surface area contributed by atoms with Crippen LogP contribution in [0.25, 0.3) is 10.1 Å². The van der Waals surface area contributed by atoms with E-state index >= 15 is 0 Å². The Morgan fingerprint density at radius 1 is 1.43 bits per heavy atom. The summed E-state index contributed by atoms with van der Waals surface area (Å²) in [4.78, 5) is 12.5. The molecular weight excluding hydrogens is 374 g/mol. The van der Waals surface area contributed by atoms with Gasteiger partial charge in [0, 0.05) is 29.7 Å². The third-order valence-corrected chi connectivity index (χ3v) is 5.84. The monoisotopic (exact) mass is 399 g/mol. The van der Waals surface area contributed by atoms with Gasteiger partial charge < -0.3 is 19.9 Å². The fraction of sp³-hybridized carbons (Fsp3) is 0.409. The summed E-state index contributed by atoms with van der Waals surface area (Å²) in [6.45, 7) is 2.61. The van der Waals surface area contributed by atoms with E-state index in [4.69, 9.17) is 15.9 Å². The third-order valence-electron chi connectivity index (χ3n) is 4.86. The Bertz CT molecular complexity index is 882. The molecule has 0 unspecified atom stereocenters. The number of thiophene rings is 1. The fourth-order valence-corrected chi connectivity index (χ4v) is 4.60. The number of aliphatic hydroxyl groups is 1. The van der Waals surface area contributed by atoms with Crippen molar-refractivity contribution in [3.8, 4) is 12.3 Å². The summed E-state index contributed by atoms with van der Waals surface area (Å²) in [6, 6.07) is 8.23. The van der Waals surface area contributed by atoms with Gasteiger partial charge in [0.15, 0.2) is 5.76 Å². The van der Waals surface area contributed by atoms with Crippen molar-refractivity contribution < 1.29 is 19.4 Å². The smallest absolute Gasteiger partial charge is 0.286 e. The van der Waals surface area contributed by atoms with Gasteiger partial charge in [0.2, 0.25) is 6.29 Å². The van der Waals surface area contributed by atoms with Crippen molar-refractivity contribution in [2.24, 2.45) is 5.92 Å². The Morgan fingerprint density at radius 3 is 3.00 bits per heavy atom. The molecule has 2 heterocycles. The molecule has 2 aromatic rings. The predicted molar refractivity (Wildman–Crippen MR) is 111 cm³/mol. The van der Waals surface area contributed by atoms with Gasteiger partial charge >= 0.3 is 0 Å². The van der Waals surface area contributed by atoms with Gasteiger partial charge in [-0.05, 0) is 48.2 Å². The number of carbonyl (C=O) groups excluding carboxylic acids is 1. The molecule has 1 aromatic heterocycles. The van der Waals surface area contributed by atoms with Gasteiger partial charge in [0.25, 0.3) is 5.91 Å². The van der Waals surface area contributed by atoms with E-state index in [-0.39, 0.29) is 36.7 Å². The van der Waals surface area contributed by atoms with Crippen LogP contribution in [0, 0.1) is 18.3 Å². The highest BCUT2D eigenvalue weighted by Gasteiger charge is 2.38. The van der Waals surface area contributed by atoms with Gasteiger partial charge in [-0.2, -0.15) is 0 Å². The molecule has 1 amide bonds. The van der Waals surface area contributed by atoms with Crippen LogP contribution in [0.15, 0.2) is 41.5 Å². The molecule has 28 heavy (non-hydrogen) atoms. The average Bonchev–Trinajstić information content (AvgIpc) is 3.14. The number of carbonyl (C=O) groups is 1. The lowest BCUT2D eigenvalue weighted by Gasteiger charge is -2.36. The van der Waals surface area contributed by atoms with E-state index in [1.54, 1.807) is 11.3 Å². The lowest BCUT2D eigenvalue weighted by Crippen LogP contribution is -2.39. The molecule has 2 N–H and O–H groups in total. The van der Waals surface area contributed by atoms with Crippen LogP contribution in [0.4, 0.5) is 0 Å². The largest absolute Gasteiger partial charge is 0.459 e. The number of aliphatic hydroxyl groups excluding tert-OH is 1. The number of hydrogen-bond donors (Lipinski definition) is 2. The summed E-state index contributed by atoms with van der Waals surface area (Å²) in [6.07, 6.45) is 7.94. The number of terminal acetylenes is 1. The quantitative estimate of drug-likeness (QED) is 0.668. The number of rotatable bonds is 8. The highest BCUT2D eigenvalue weighted by Crippen LogP contribution is 2.43. The molecule has 0 aliphatic carbocycles. The van der Waals surface area contributed by atoms with E-state index in [9.17, 15) is 9.90 Å².